The number of methoxy groups -OCH3 is 1. The third kappa shape index (κ3) is 6.30. The van der Waals surface area contributed by atoms with Gasteiger partial charge in [-0.15, -0.1) is 0 Å². The number of hydrogen-bond donors (Lipinski definition) is 1. The molecule has 0 saturated carbocycles. The molecule has 6 aliphatic heterocycles. The van der Waals surface area contributed by atoms with Crippen molar-refractivity contribution in [3.8, 4) is 16.9 Å². The minimum Gasteiger partial charge on any atom is -0.378 e. The fourth-order valence-corrected chi connectivity index (χ4v) is 9.91. The third-order valence-electron chi connectivity index (χ3n) is 13.1. The number of piperidine rings is 1. The standard InChI is InChI=1S/C43H43F3N12O4/c1-22-48-33-13-24(45)11-29-32-5-4-6-37(50-32)49-25-14-35(41(59)53(2)20-28(61-3)21-55(22)38(29)33)56(17-25)39-30-16-47-58(34-8-7-23(44)12-31(34)46)40(30)52-43(51-39)57-26-15-27(57)19-54(18-26)42(60)36-9-10-62-36/h4-8,11-13,16,25-28,35-36H,9-10,14-15,17-21H2,1-3H3,(H,49,50)/t25-,26?,27?,28-,35-,36?/m0/s1. The van der Waals surface area contributed by atoms with Gasteiger partial charge in [-0.25, -0.2) is 27.8 Å². The van der Waals surface area contributed by atoms with Gasteiger partial charge in [0.25, 0.3) is 5.91 Å². The summed E-state index contributed by atoms with van der Waals surface area (Å²) in [7, 11) is 3.34. The predicted molar refractivity (Wildman–Crippen MR) is 221 cm³/mol. The number of fused-ring (bicyclic) bond motifs is 8. The molecule has 12 rings (SSSR count). The van der Waals surface area contributed by atoms with Crippen LogP contribution in [-0.2, 0) is 25.6 Å². The first kappa shape index (κ1) is 38.6. The van der Waals surface area contributed by atoms with E-state index >= 15 is 8.78 Å². The maximum absolute atomic E-state index is 15.5. The van der Waals surface area contributed by atoms with E-state index in [1.165, 1.54) is 22.9 Å². The van der Waals surface area contributed by atoms with Crippen LogP contribution in [0.5, 0.6) is 0 Å². The summed E-state index contributed by atoms with van der Waals surface area (Å²) < 4.78 is 59.6. The molecule has 1 N–H and O–H groups in total. The number of rotatable bonds is 5. The second-order valence-electron chi connectivity index (χ2n) is 16.9. The zero-order valence-corrected chi connectivity index (χ0v) is 34.2. The quantitative estimate of drug-likeness (QED) is 0.266. The molecular formula is C43H43F3N12O4. The number of imidazole rings is 1. The van der Waals surface area contributed by atoms with Gasteiger partial charge in [0.15, 0.2) is 11.5 Å². The van der Waals surface area contributed by atoms with Crippen LogP contribution in [0.3, 0.4) is 0 Å². The summed E-state index contributed by atoms with van der Waals surface area (Å²) >= 11 is 0. The minimum atomic E-state index is -0.822. The van der Waals surface area contributed by atoms with Crippen LogP contribution in [0.25, 0.3) is 39.0 Å². The highest BCUT2D eigenvalue weighted by Crippen LogP contribution is 2.41. The van der Waals surface area contributed by atoms with E-state index in [0.717, 1.165) is 24.1 Å². The number of carbonyl (C=O) groups is 2. The van der Waals surface area contributed by atoms with Crippen LogP contribution in [0.15, 0.2) is 54.7 Å². The minimum absolute atomic E-state index is 0.00346. The summed E-state index contributed by atoms with van der Waals surface area (Å²) in [5.74, 6) is -0.214. The molecule has 2 aromatic carbocycles. The number of benzene rings is 2. The number of anilines is 3. The first-order valence-corrected chi connectivity index (χ1v) is 20.9. The van der Waals surface area contributed by atoms with Crippen LogP contribution < -0.4 is 15.1 Å². The number of likely N-dealkylation sites (N-methyl/N-ethyl adjacent to an activating group) is 1. The molecule has 0 aliphatic carbocycles. The van der Waals surface area contributed by atoms with Crippen molar-refractivity contribution in [2.24, 2.45) is 0 Å². The molecule has 6 aromatic rings. The number of piperazine rings is 1. The summed E-state index contributed by atoms with van der Waals surface area (Å²) in [5, 5.41) is 8.59. The zero-order valence-electron chi connectivity index (χ0n) is 34.2. The highest BCUT2D eigenvalue weighted by molar-refractivity contribution is 5.94. The van der Waals surface area contributed by atoms with Gasteiger partial charge < -0.3 is 39.0 Å². The fourth-order valence-electron chi connectivity index (χ4n) is 9.91. The number of ether oxygens (including phenoxy) is 2. The fraction of sp³-hybridized carbons (Fsp3) is 0.419. The number of nitrogens with one attached hydrogen (secondary N) is 1. The van der Waals surface area contributed by atoms with E-state index in [1.54, 1.807) is 25.3 Å². The van der Waals surface area contributed by atoms with Gasteiger partial charge in [-0.1, -0.05) is 6.07 Å². The van der Waals surface area contributed by atoms with E-state index < -0.39 is 35.7 Å². The molecule has 3 unspecified atom stereocenters. The van der Waals surface area contributed by atoms with E-state index in [9.17, 15) is 14.0 Å². The first-order valence-electron chi connectivity index (χ1n) is 20.9. The highest BCUT2D eigenvalue weighted by atomic mass is 19.1. The molecule has 4 aromatic heterocycles. The van der Waals surface area contributed by atoms with E-state index in [2.05, 4.69) is 15.3 Å². The number of aromatic nitrogens is 7. The normalized spacial score (nSPS) is 24.8. The molecule has 0 radical (unpaired) electrons. The lowest BCUT2D eigenvalue weighted by Crippen LogP contribution is -2.71. The lowest BCUT2D eigenvalue weighted by molar-refractivity contribution is -0.159. The molecule has 10 heterocycles. The van der Waals surface area contributed by atoms with Crippen LogP contribution in [0.1, 0.15) is 25.1 Å². The molecule has 0 spiro atoms. The van der Waals surface area contributed by atoms with Crippen molar-refractivity contribution < 1.29 is 32.2 Å². The topological polar surface area (TPSA) is 152 Å². The van der Waals surface area contributed by atoms with Crippen molar-refractivity contribution in [3.63, 3.8) is 0 Å². The van der Waals surface area contributed by atoms with Crippen LogP contribution in [0.2, 0.25) is 0 Å². The lowest BCUT2D eigenvalue weighted by Gasteiger charge is -2.56. The Morgan fingerprint density at radius 2 is 1.76 bits per heavy atom. The summed E-state index contributed by atoms with van der Waals surface area (Å²) in [6.07, 6.45) is 2.55. The van der Waals surface area contributed by atoms with E-state index in [1.807, 2.05) is 39.5 Å². The van der Waals surface area contributed by atoms with Gasteiger partial charge in [0.1, 0.15) is 46.9 Å². The second kappa shape index (κ2) is 14.6. The summed E-state index contributed by atoms with van der Waals surface area (Å²) in [6, 6.07) is 10.5. The Labute approximate surface area is 353 Å². The molecular weight excluding hydrogens is 806 g/mol. The molecule has 19 heteroatoms. The highest BCUT2D eigenvalue weighted by Gasteiger charge is 2.49. The number of pyridine rings is 1. The zero-order chi connectivity index (χ0) is 42.6. The van der Waals surface area contributed by atoms with Crippen molar-refractivity contribution in [2.45, 2.75) is 69.1 Å². The van der Waals surface area contributed by atoms with Gasteiger partial charge in [-0.2, -0.15) is 15.1 Å². The first-order chi connectivity index (χ1) is 30.0. The van der Waals surface area contributed by atoms with Crippen LogP contribution in [0.4, 0.5) is 30.8 Å². The van der Waals surface area contributed by atoms with Crippen molar-refractivity contribution >= 4 is 51.5 Å². The monoisotopic (exact) mass is 848 g/mol. The predicted octanol–water partition coefficient (Wildman–Crippen LogP) is 4.08. The van der Waals surface area contributed by atoms with Gasteiger partial charge >= 0.3 is 0 Å². The van der Waals surface area contributed by atoms with Gasteiger partial charge in [-0.3, -0.25) is 9.59 Å². The Morgan fingerprint density at radius 1 is 0.935 bits per heavy atom. The van der Waals surface area contributed by atoms with Gasteiger partial charge in [0.2, 0.25) is 11.9 Å². The molecule has 6 aliphatic rings. The van der Waals surface area contributed by atoms with Crippen molar-refractivity contribution in [3.05, 3.63) is 78.0 Å². The second-order valence-corrected chi connectivity index (χ2v) is 16.9. The number of halogens is 3. The van der Waals surface area contributed by atoms with E-state index in [4.69, 9.17) is 29.4 Å². The maximum atomic E-state index is 15.5. The van der Waals surface area contributed by atoms with Gasteiger partial charge in [0.05, 0.1) is 59.6 Å². The number of hydrogen-bond acceptors (Lipinski definition) is 12. The van der Waals surface area contributed by atoms with Crippen LogP contribution in [-0.4, -0.2) is 139 Å². The van der Waals surface area contributed by atoms with Crippen molar-refractivity contribution in [1.82, 2.24) is 44.1 Å². The molecule has 6 bridgehead atoms. The Hall–Kier alpha value is -6.34. The number of aryl methyl sites for hydroxylation is 1. The van der Waals surface area contributed by atoms with Crippen LogP contribution in [0, 0.1) is 24.4 Å². The number of amides is 2. The summed E-state index contributed by atoms with van der Waals surface area (Å²) in [4.78, 5) is 55.5. The molecule has 5 saturated heterocycles. The molecule has 6 atom stereocenters. The lowest BCUT2D eigenvalue weighted by atomic mass is 9.87. The smallest absolute Gasteiger partial charge is 0.251 e. The number of nitrogens with zero attached hydrogens (tertiary/aromatic N) is 11. The van der Waals surface area contributed by atoms with Crippen molar-refractivity contribution in [2.75, 3.05) is 62.1 Å². The molecule has 320 valence electrons. The van der Waals surface area contributed by atoms with Gasteiger partial charge in [0, 0.05) is 70.5 Å². The van der Waals surface area contributed by atoms with E-state index in [-0.39, 0.29) is 47.8 Å². The molecule has 5 fully saturated rings. The Kier molecular flexibility index (Phi) is 9.11. The Morgan fingerprint density at radius 3 is 2.52 bits per heavy atom. The summed E-state index contributed by atoms with van der Waals surface area (Å²) in [6.45, 7) is 4.22. The van der Waals surface area contributed by atoms with Crippen molar-refractivity contribution in [1.29, 1.82) is 0 Å². The largest absolute Gasteiger partial charge is 0.378 e. The molecule has 2 amide bonds. The summed E-state index contributed by atoms with van der Waals surface area (Å²) in [5.41, 5.74) is 2.61. The third-order valence-corrected chi connectivity index (χ3v) is 13.1. The molecule has 16 nitrogen and oxygen atoms in total. The average molecular weight is 849 g/mol. The average Bonchev–Trinajstić information content (AvgIpc) is 3.93. The van der Waals surface area contributed by atoms with Crippen LogP contribution >= 0.6 is 0 Å². The SMILES string of the molecule is CO[C@H]1CN(C)C(=O)[C@@H]2C[C@@H](CN2c2nc(N3C4CC3CN(C(=O)C3CCO3)C4)nc3c2cnn3-c2ccc(F)cc2F)Nc2cccc(n2)-c2cc(F)cc3nc(C)n(c23)C1. The van der Waals surface area contributed by atoms with E-state index in [0.29, 0.717) is 91.2 Å². The number of carbonyl (C=O) groups excluding carboxylic acids is 2. The maximum Gasteiger partial charge on any atom is 0.251 e. The Balaban J connectivity index is 1.01. The Bertz CT molecular complexity index is 2780. The molecule has 62 heavy (non-hydrogen) atoms. The van der Waals surface area contributed by atoms with Gasteiger partial charge in [-0.05, 0) is 50.1 Å².